The Bertz CT molecular complexity index is 831. The Morgan fingerprint density at radius 2 is 2.15 bits per heavy atom. The number of nitrogens with one attached hydrogen (secondary N) is 1. The summed E-state index contributed by atoms with van der Waals surface area (Å²) < 4.78 is 38.1. The van der Waals surface area contributed by atoms with Crippen LogP contribution in [0, 0.1) is 18.8 Å². The third-order valence-electron chi connectivity index (χ3n) is 3.40. The molecule has 0 spiro atoms. The molecule has 2 rings (SSSR count). The van der Waals surface area contributed by atoms with Gasteiger partial charge in [-0.05, 0) is 25.1 Å². The van der Waals surface area contributed by atoms with Crippen molar-refractivity contribution >= 4 is 17.3 Å². The van der Waals surface area contributed by atoms with Gasteiger partial charge in [-0.1, -0.05) is 17.9 Å². The first kappa shape index (κ1) is 19.8. The van der Waals surface area contributed by atoms with E-state index in [4.69, 9.17) is 0 Å². The van der Waals surface area contributed by atoms with E-state index in [1.165, 1.54) is 6.07 Å². The minimum absolute atomic E-state index is 0.267. The second kappa shape index (κ2) is 8.72. The number of hydrogen-bond acceptors (Lipinski definition) is 3. The molecule has 0 aliphatic rings. The highest BCUT2D eigenvalue weighted by atomic mass is 32.1. The van der Waals surface area contributed by atoms with Gasteiger partial charge in [-0.15, -0.1) is 11.3 Å². The first-order chi connectivity index (χ1) is 12.3. The van der Waals surface area contributed by atoms with Crippen molar-refractivity contribution in [2.75, 3.05) is 20.6 Å². The molecule has 0 radical (unpaired) electrons. The number of hydrogen-bond donors (Lipinski definition) is 1. The number of guanidine groups is 1. The van der Waals surface area contributed by atoms with E-state index in [-0.39, 0.29) is 6.54 Å². The average molecular weight is 380 g/mol. The number of thiazole rings is 1. The van der Waals surface area contributed by atoms with Crippen LogP contribution in [0.15, 0.2) is 34.6 Å². The lowest BCUT2D eigenvalue weighted by atomic mass is 10.1. The molecule has 2 aromatic rings. The van der Waals surface area contributed by atoms with Gasteiger partial charge in [0.2, 0.25) is 0 Å². The predicted octanol–water partition coefficient (Wildman–Crippen LogP) is 3.53. The van der Waals surface area contributed by atoms with Crippen LogP contribution in [0.2, 0.25) is 0 Å². The van der Waals surface area contributed by atoms with Crippen LogP contribution in [0.25, 0.3) is 0 Å². The fraction of sp³-hybridized carbons (Fsp3) is 0.333. The van der Waals surface area contributed by atoms with E-state index in [9.17, 15) is 13.2 Å². The molecule has 0 saturated heterocycles. The molecule has 0 amide bonds. The largest absolute Gasteiger partial charge is 0.416 e. The van der Waals surface area contributed by atoms with Gasteiger partial charge in [0, 0.05) is 25.0 Å². The summed E-state index contributed by atoms with van der Waals surface area (Å²) in [6.45, 7) is 2.82. The highest BCUT2D eigenvalue weighted by Gasteiger charge is 2.30. The van der Waals surface area contributed by atoms with Crippen molar-refractivity contribution in [3.05, 3.63) is 51.5 Å². The Morgan fingerprint density at radius 3 is 2.77 bits per heavy atom. The van der Waals surface area contributed by atoms with E-state index in [1.54, 1.807) is 24.5 Å². The highest BCUT2D eigenvalue weighted by Crippen LogP contribution is 2.29. The number of aromatic nitrogens is 1. The fourth-order valence-electron chi connectivity index (χ4n) is 2.23. The van der Waals surface area contributed by atoms with Gasteiger partial charge in [-0.2, -0.15) is 13.2 Å². The van der Waals surface area contributed by atoms with Gasteiger partial charge in [-0.3, -0.25) is 4.99 Å². The maximum atomic E-state index is 12.7. The predicted molar refractivity (Wildman–Crippen MR) is 98.0 cm³/mol. The Hall–Kier alpha value is -2.53. The molecule has 0 unspecified atom stereocenters. The highest BCUT2D eigenvalue weighted by molar-refractivity contribution is 7.09. The number of aryl methyl sites for hydroxylation is 1. The van der Waals surface area contributed by atoms with Gasteiger partial charge in [-0.25, -0.2) is 4.98 Å². The number of alkyl halides is 3. The minimum atomic E-state index is -4.37. The van der Waals surface area contributed by atoms with Crippen LogP contribution in [0.5, 0.6) is 0 Å². The van der Waals surface area contributed by atoms with Crippen molar-refractivity contribution < 1.29 is 13.2 Å². The lowest BCUT2D eigenvalue weighted by molar-refractivity contribution is -0.137. The van der Waals surface area contributed by atoms with E-state index < -0.39 is 11.7 Å². The van der Waals surface area contributed by atoms with Gasteiger partial charge in [0.15, 0.2) is 5.96 Å². The Kier molecular flexibility index (Phi) is 6.64. The van der Waals surface area contributed by atoms with Crippen LogP contribution < -0.4 is 5.32 Å². The zero-order valence-electron chi connectivity index (χ0n) is 14.7. The van der Waals surface area contributed by atoms with Gasteiger partial charge >= 0.3 is 6.18 Å². The average Bonchev–Trinajstić information content (AvgIpc) is 2.99. The van der Waals surface area contributed by atoms with Gasteiger partial charge < -0.3 is 10.2 Å². The molecule has 26 heavy (non-hydrogen) atoms. The number of rotatable bonds is 3. The molecule has 0 fully saturated rings. The summed E-state index contributed by atoms with van der Waals surface area (Å²) in [5.41, 5.74) is 0.572. The monoisotopic (exact) mass is 380 g/mol. The Morgan fingerprint density at radius 1 is 1.38 bits per heavy atom. The topological polar surface area (TPSA) is 40.5 Å². The summed E-state index contributed by atoms with van der Waals surface area (Å²) in [6.07, 6.45) is -4.37. The molecule has 0 aliphatic heterocycles. The van der Waals surface area contributed by atoms with Crippen LogP contribution in [-0.4, -0.2) is 36.5 Å². The normalized spacial score (nSPS) is 11.7. The first-order valence-electron chi connectivity index (χ1n) is 7.78. The zero-order chi connectivity index (χ0) is 19.2. The van der Waals surface area contributed by atoms with Crippen LogP contribution in [0.1, 0.15) is 21.8 Å². The molecule has 0 bridgehead atoms. The molecule has 1 aromatic heterocycles. The molecular weight excluding hydrogens is 361 g/mol. The van der Waals surface area contributed by atoms with Crippen LogP contribution >= 0.6 is 11.3 Å². The van der Waals surface area contributed by atoms with Crippen molar-refractivity contribution in [3.63, 3.8) is 0 Å². The third-order valence-corrected chi connectivity index (χ3v) is 4.22. The van der Waals surface area contributed by atoms with Crippen molar-refractivity contribution in [1.29, 1.82) is 0 Å². The summed E-state index contributed by atoms with van der Waals surface area (Å²) in [5, 5.41) is 6.06. The summed E-state index contributed by atoms with van der Waals surface area (Å²) in [6, 6.07) is 4.97. The number of benzene rings is 1. The summed E-state index contributed by atoms with van der Waals surface area (Å²) >= 11 is 1.59. The van der Waals surface area contributed by atoms with E-state index in [1.807, 2.05) is 24.3 Å². The maximum absolute atomic E-state index is 12.7. The van der Waals surface area contributed by atoms with E-state index in [0.29, 0.717) is 18.1 Å². The van der Waals surface area contributed by atoms with Crippen molar-refractivity contribution in [3.8, 4) is 11.8 Å². The molecule has 1 aromatic carbocycles. The lowest BCUT2D eigenvalue weighted by Gasteiger charge is -2.20. The fourth-order valence-corrected chi connectivity index (χ4v) is 2.83. The maximum Gasteiger partial charge on any atom is 0.416 e. The molecule has 138 valence electrons. The molecule has 1 N–H and O–H groups in total. The second-order valence-electron chi connectivity index (χ2n) is 5.50. The van der Waals surface area contributed by atoms with Crippen LogP contribution in [-0.2, 0) is 12.7 Å². The smallest absolute Gasteiger partial charge is 0.345 e. The Labute approximate surface area is 154 Å². The molecule has 0 saturated carbocycles. The quantitative estimate of drug-likeness (QED) is 0.503. The number of aliphatic imine (C=N–C) groups is 1. The summed E-state index contributed by atoms with van der Waals surface area (Å²) in [4.78, 5) is 10.5. The lowest BCUT2D eigenvalue weighted by Crippen LogP contribution is -2.38. The number of halogens is 3. The number of nitrogens with zero attached hydrogens (tertiary/aromatic N) is 3. The Balaban J connectivity index is 1.93. The third kappa shape index (κ3) is 5.77. The standard InChI is InChI=1S/C18H19F3N4S/c1-13-24-16(12-26-13)11-25(3)17(22-2)23-9-5-7-14-6-4-8-15(10-14)18(19,20)21/h4,6,8,10,12H,9,11H2,1-3H3,(H,22,23). The molecule has 4 nitrogen and oxygen atoms in total. The summed E-state index contributed by atoms with van der Waals surface area (Å²) in [7, 11) is 3.54. The SMILES string of the molecule is CN=C(NCC#Cc1cccc(C(F)(F)F)c1)N(C)Cc1csc(C)n1. The van der Waals surface area contributed by atoms with E-state index in [0.717, 1.165) is 22.8 Å². The van der Waals surface area contributed by atoms with Gasteiger partial charge in [0.05, 0.1) is 29.4 Å². The van der Waals surface area contributed by atoms with Crippen molar-refractivity contribution in [1.82, 2.24) is 15.2 Å². The molecular formula is C18H19F3N4S. The molecule has 0 atom stereocenters. The molecule has 8 heteroatoms. The van der Waals surface area contributed by atoms with Crippen LogP contribution in [0.3, 0.4) is 0 Å². The second-order valence-corrected chi connectivity index (χ2v) is 6.56. The molecule has 1 heterocycles. The van der Waals surface area contributed by atoms with Crippen molar-refractivity contribution in [2.24, 2.45) is 4.99 Å². The van der Waals surface area contributed by atoms with Crippen LogP contribution in [0.4, 0.5) is 13.2 Å². The minimum Gasteiger partial charge on any atom is -0.345 e. The molecule has 0 aliphatic carbocycles. The first-order valence-corrected chi connectivity index (χ1v) is 8.66. The van der Waals surface area contributed by atoms with Crippen molar-refractivity contribution in [2.45, 2.75) is 19.6 Å². The van der Waals surface area contributed by atoms with Gasteiger partial charge in [0.25, 0.3) is 0 Å². The van der Waals surface area contributed by atoms with E-state index in [2.05, 4.69) is 27.1 Å². The van der Waals surface area contributed by atoms with E-state index >= 15 is 0 Å². The van der Waals surface area contributed by atoms with Gasteiger partial charge in [0.1, 0.15) is 0 Å². The summed E-state index contributed by atoms with van der Waals surface area (Å²) in [5.74, 6) is 6.18. The zero-order valence-corrected chi connectivity index (χ0v) is 15.5.